The van der Waals surface area contributed by atoms with E-state index in [1.54, 1.807) is 6.07 Å². The second-order valence-electron chi connectivity index (χ2n) is 3.25. The second-order valence-corrected chi connectivity index (χ2v) is 5.35. The van der Waals surface area contributed by atoms with Gasteiger partial charge in [0, 0.05) is 6.42 Å². The number of aliphatic carboxylic acids is 1. The minimum absolute atomic E-state index is 0.00658. The summed E-state index contributed by atoms with van der Waals surface area (Å²) in [4.78, 5) is 10.3. The first-order chi connectivity index (χ1) is 7.44. The molecular formula is C10H12O5S. The molecule has 0 saturated heterocycles. The molecule has 0 bridgehead atoms. The average Bonchev–Trinajstić information content (AvgIpc) is 2.27. The molecule has 0 aliphatic heterocycles. The van der Waals surface area contributed by atoms with Crippen LogP contribution in [0.1, 0.15) is 12.8 Å². The van der Waals surface area contributed by atoms with Crippen LogP contribution in [-0.2, 0) is 14.6 Å². The first-order valence-electron chi connectivity index (χ1n) is 4.63. The van der Waals surface area contributed by atoms with Gasteiger partial charge in [0.15, 0.2) is 5.44 Å². The molecule has 0 radical (unpaired) electrons. The standard InChI is InChI=1S/C10H12O5S/c11-9(12)6-7-10(13)16(14,15)8-4-2-1-3-5-8/h1-5,10,13H,6-7H2,(H,11,12). The van der Waals surface area contributed by atoms with Gasteiger partial charge >= 0.3 is 5.97 Å². The van der Waals surface area contributed by atoms with Crippen molar-refractivity contribution in [3.05, 3.63) is 30.3 Å². The van der Waals surface area contributed by atoms with Gasteiger partial charge in [0.2, 0.25) is 9.84 Å². The molecule has 6 heteroatoms. The zero-order valence-electron chi connectivity index (χ0n) is 8.41. The predicted molar refractivity (Wildman–Crippen MR) is 56.5 cm³/mol. The molecule has 88 valence electrons. The molecule has 2 N–H and O–H groups in total. The van der Waals surface area contributed by atoms with Gasteiger partial charge in [-0.1, -0.05) is 18.2 Å². The number of carboxylic acids is 1. The van der Waals surface area contributed by atoms with Crippen molar-refractivity contribution in [3.63, 3.8) is 0 Å². The van der Waals surface area contributed by atoms with Crippen molar-refractivity contribution in [3.8, 4) is 0 Å². The number of hydrogen-bond acceptors (Lipinski definition) is 4. The third kappa shape index (κ3) is 3.04. The molecule has 0 saturated carbocycles. The lowest BCUT2D eigenvalue weighted by molar-refractivity contribution is -0.137. The van der Waals surface area contributed by atoms with Gasteiger partial charge < -0.3 is 10.2 Å². The van der Waals surface area contributed by atoms with Gasteiger partial charge in [-0.25, -0.2) is 8.42 Å². The molecule has 0 aliphatic carbocycles. The summed E-state index contributed by atoms with van der Waals surface area (Å²) >= 11 is 0. The molecule has 16 heavy (non-hydrogen) atoms. The zero-order chi connectivity index (χ0) is 12.2. The highest BCUT2D eigenvalue weighted by Crippen LogP contribution is 2.17. The van der Waals surface area contributed by atoms with E-state index >= 15 is 0 Å². The number of rotatable bonds is 5. The molecule has 1 unspecified atom stereocenters. The molecule has 1 rings (SSSR count). The Morgan fingerprint density at radius 1 is 1.25 bits per heavy atom. The van der Waals surface area contributed by atoms with Crippen LogP contribution in [0.15, 0.2) is 35.2 Å². The molecule has 0 aliphatic rings. The van der Waals surface area contributed by atoms with Crippen LogP contribution in [0.4, 0.5) is 0 Å². The van der Waals surface area contributed by atoms with Crippen molar-refractivity contribution in [2.24, 2.45) is 0 Å². The molecule has 0 amide bonds. The van der Waals surface area contributed by atoms with Crippen molar-refractivity contribution in [2.45, 2.75) is 23.2 Å². The molecule has 0 heterocycles. The minimum Gasteiger partial charge on any atom is -0.481 e. The topological polar surface area (TPSA) is 91.7 Å². The van der Waals surface area contributed by atoms with E-state index in [1.807, 2.05) is 0 Å². The number of carbonyl (C=O) groups is 1. The SMILES string of the molecule is O=C(O)CCC(O)S(=O)(=O)c1ccccc1. The van der Waals surface area contributed by atoms with Gasteiger partial charge in [0.1, 0.15) is 0 Å². The fourth-order valence-corrected chi connectivity index (χ4v) is 2.45. The molecular weight excluding hydrogens is 232 g/mol. The van der Waals surface area contributed by atoms with Crippen LogP contribution in [0, 0.1) is 0 Å². The van der Waals surface area contributed by atoms with Crippen LogP contribution in [0.2, 0.25) is 0 Å². The van der Waals surface area contributed by atoms with Gasteiger partial charge in [-0.05, 0) is 18.6 Å². The summed E-state index contributed by atoms with van der Waals surface area (Å²) in [5.74, 6) is -1.14. The van der Waals surface area contributed by atoms with Crippen molar-refractivity contribution in [1.29, 1.82) is 0 Å². The Bertz CT molecular complexity index is 451. The molecule has 1 aromatic carbocycles. The van der Waals surface area contributed by atoms with E-state index in [9.17, 15) is 18.3 Å². The fraction of sp³-hybridized carbons (Fsp3) is 0.300. The maximum atomic E-state index is 11.7. The van der Waals surface area contributed by atoms with Crippen molar-refractivity contribution < 1.29 is 23.4 Å². The van der Waals surface area contributed by atoms with E-state index in [0.29, 0.717) is 0 Å². The van der Waals surface area contributed by atoms with Crippen LogP contribution >= 0.6 is 0 Å². The van der Waals surface area contributed by atoms with Crippen LogP contribution in [-0.4, -0.2) is 30.0 Å². The Hall–Kier alpha value is -1.40. The number of aliphatic hydroxyl groups excluding tert-OH is 1. The number of benzene rings is 1. The van der Waals surface area contributed by atoms with Gasteiger partial charge in [0.25, 0.3) is 0 Å². The number of aliphatic hydroxyl groups is 1. The van der Waals surface area contributed by atoms with Crippen LogP contribution < -0.4 is 0 Å². The van der Waals surface area contributed by atoms with Crippen LogP contribution in [0.5, 0.6) is 0 Å². The zero-order valence-corrected chi connectivity index (χ0v) is 9.22. The molecule has 1 atom stereocenters. The van der Waals surface area contributed by atoms with Gasteiger partial charge in [-0.2, -0.15) is 0 Å². The number of carboxylic acid groups (broad SMARTS) is 1. The normalized spacial score (nSPS) is 13.3. The number of hydrogen-bond donors (Lipinski definition) is 2. The average molecular weight is 244 g/mol. The molecule has 0 aromatic heterocycles. The summed E-state index contributed by atoms with van der Waals surface area (Å²) in [6.07, 6.45) is -0.695. The van der Waals surface area contributed by atoms with Crippen molar-refractivity contribution in [2.75, 3.05) is 0 Å². The largest absolute Gasteiger partial charge is 0.481 e. The highest BCUT2D eigenvalue weighted by atomic mass is 32.2. The monoisotopic (exact) mass is 244 g/mol. The summed E-state index contributed by atoms with van der Waals surface area (Å²) in [7, 11) is -3.84. The smallest absolute Gasteiger partial charge is 0.303 e. The summed E-state index contributed by atoms with van der Waals surface area (Å²) in [5.41, 5.74) is -1.68. The highest BCUT2D eigenvalue weighted by molar-refractivity contribution is 7.91. The van der Waals surface area contributed by atoms with Crippen molar-refractivity contribution >= 4 is 15.8 Å². The molecule has 5 nitrogen and oxygen atoms in total. The quantitative estimate of drug-likeness (QED) is 0.793. The Morgan fingerprint density at radius 2 is 1.81 bits per heavy atom. The van der Waals surface area contributed by atoms with Crippen LogP contribution in [0.3, 0.4) is 0 Å². The van der Waals surface area contributed by atoms with E-state index in [2.05, 4.69) is 0 Å². The van der Waals surface area contributed by atoms with E-state index in [4.69, 9.17) is 5.11 Å². The maximum Gasteiger partial charge on any atom is 0.303 e. The highest BCUT2D eigenvalue weighted by Gasteiger charge is 2.25. The lowest BCUT2D eigenvalue weighted by atomic mass is 10.3. The predicted octanol–water partition coefficient (Wildman–Crippen LogP) is 0.643. The Morgan fingerprint density at radius 3 is 2.31 bits per heavy atom. The Labute approximate surface area is 93.3 Å². The van der Waals surface area contributed by atoms with E-state index in [-0.39, 0.29) is 17.7 Å². The molecule has 0 spiro atoms. The van der Waals surface area contributed by atoms with Crippen molar-refractivity contribution in [1.82, 2.24) is 0 Å². The fourth-order valence-electron chi connectivity index (χ4n) is 1.17. The summed E-state index contributed by atoms with van der Waals surface area (Å²) in [5, 5.41) is 17.8. The molecule has 0 fully saturated rings. The van der Waals surface area contributed by atoms with E-state index < -0.39 is 21.2 Å². The van der Waals surface area contributed by atoms with Crippen LogP contribution in [0.25, 0.3) is 0 Å². The van der Waals surface area contributed by atoms with E-state index in [0.717, 1.165) is 0 Å². The maximum absolute atomic E-state index is 11.7. The Balaban J connectivity index is 2.82. The summed E-state index contributed by atoms with van der Waals surface area (Å²) < 4.78 is 23.4. The third-order valence-electron chi connectivity index (χ3n) is 2.04. The minimum atomic E-state index is -3.84. The Kier molecular flexibility index (Phi) is 4.03. The lowest BCUT2D eigenvalue weighted by Crippen LogP contribution is -2.21. The van der Waals surface area contributed by atoms with Gasteiger partial charge in [-0.15, -0.1) is 0 Å². The summed E-state index contributed by atoms with van der Waals surface area (Å²) in [6, 6.07) is 7.45. The molecule has 1 aromatic rings. The van der Waals surface area contributed by atoms with E-state index in [1.165, 1.54) is 24.3 Å². The van der Waals surface area contributed by atoms with Gasteiger partial charge in [0.05, 0.1) is 4.90 Å². The summed E-state index contributed by atoms with van der Waals surface area (Å²) in [6.45, 7) is 0. The first kappa shape index (κ1) is 12.7. The number of sulfone groups is 1. The van der Waals surface area contributed by atoms with Gasteiger partial charge in [-0.3, -0.25) is 4.79 Å². The first-order valence-corrected chi connectivity index (χ1v) is 6.18. The third-order valence-corrected chi connectivity index (χ3v) is 3.92. The second kappa shape index (κ2) is 5.09. The lowest BCUT2D eigenvalue weighted by Gasteiger charge is -2.10.